The molecule has 1 amide bonds. The number of H-pyrrole nitrogens is 2. The topological polar surface area (TPSA) is 106 Å². The number of piperidine rings is 1. The molecular formula is C10H13N3O4. The van der Waals surface area contributed by atoms with Gasteiger partial charge < -0.3 is 20.0 Å². The lowest BCUT2D eigenvalue weighted by Gasteiger charge is -2.30. The van der Waals surface area contributed by atoms with Gasteiger partial charge in [0, 0.05) is 19.3 Å². The van der Waals surface area contributed by atoms with Gasteiger partial charge in [-0.1, -0.05) is 0 Å². The van der Waals surface area contributed by atoms with E-state index in [1.54, 1.807) is 0 Å². The van der Waals surface area contributed by atoms with Crippen LogP contribution in [0.3, 0.4) is 0 Å². The molecule has 1 aliphatic heterocycles. The van der Waals surface area contributed by atoms with E-state index in [2.05, 4.69) is 9.97 Å². The molecule has 0 aromatic carbocycles. The number of carbonyl (C=O) groups excluding carboxylic acids is 1. The fourth-order valence-corrected chi connectivity index (χ4v) is 1.98. The fourth-order valence-electron chi connectivity index (χ4n) is 1.98. The van der Waals surface area contributed by atoms with Crippen LogP contribution in [0.5, 0.6) is 0 Å². The van der Waals surface area contributed by atoms with Crippen LogP contribution >= 0.6 is 0 Å². The molecule has 2 heterocycles. The summed E-state index contributed by atoms with van der Waals surface area (Å²) in [5, 5.41) is 8.91. The summed E-state index contributed by atoms with van der Waals surface area (Å²) in [5.74, 6) is -1.74. The van der Waals surface area contributed by atoms with Gasteiger partial charge in [0.25, 0.3) is 5.91 Å². The van der Waals surface area contributed by atoms with Crippen LogP contribution in [0, 0.1) is 5.92 Å². The Morgan fingerprint density at radius 1 is 1.47 bits per heavy atom. The Kier molecular flexibility index (Phi) is 2.99. The van der Waals surface area contributed by atoms with E-state index in [1.165, 1.54) is 11.1 Å². The zero-order chi connectivity index (χ0) is 12.4. The Morgan fingerprint density at radius 2 is 2.24 bits per heavy atom. The van der Waals surface area contributed by atoms with Crippen LogP contribution in [0.1, 0.15) is 23.3 Å². The Labute approximate surface area is 96.4 Å². The molecule has 0 unspecified atom stereocenters. The summed E-state index contributed by atoms with van der Waals surface area (Å²) in [6, 6.07) is 0. The molecule has 0 aliphatic carbocycles. The SMILES string of the molecule is O=C(O)[C@@H]1CCCN(C(=O)c2c[nH]c(=O)[nH]2)C1. The maximum Gasteiger partial charge on any atom is 0.323 e. The van der Waals surface area contributed by atoms with E-state index < -0.39 is 17.6 Å². The number of aliphatic carboxylic acids is 1. The van der Waals surface area contributed by atoms with Crippen LogP contribution in [0.2, 0.25) is 0 Å². The van der Waals surface area contributed by atoms with E-state index in [0.717, 1.165) is 0 Å². The summed E-state index contributed by atoms with van der Waals surface area (Å²) in [4.78, 5) is 39.8. The first-order valence-corrected chi connectivity index (χ1v) is 5.37. The van der Waals surface area contributed by atoms with Crippen LogP contribution in [-0.4, -0.2) is 44.9 Å². The summed E-state index contributed by atoms with van der Waals surface area (Å²) < 4.78 is 0. The zero-order valence-electron chi connectivity index (χ0n) is 9.10. The van der Waals surface area contributed by atoms with Crippen molar-refractivity contribution in [2.45, 2.75) is 12.8 Å². The van der Waals surface area contributed by atoms with E-state index in [9.17, 15) is 14.4 Å². The van der Waals surface area contributed by atoms with Gasteiger partial charge in [0.1, 0.15) is 5.69 Å². The first kappa shape index (κ1) is 11.4. The molecule has 1 aliphatic rings. The van der Waals surface area contributed by atoms with Crippen molar-refractivity contribution in [3.8, 4) is 0 Å². The first-order valence-electron chi connectivity index (χ1n) is 5.37. The second-order valence-corrected chi connectivity index (χ2v) is 4.09. The molecule has 1 aromatic rings. The van der Waals surface area contributed by atoms with E-state index in [1.807, 2.05) is 0 Å². The predicted octanol–water partition coefficient (Wildman–Crippen LogP) is -0.360. The molecule has 2 rings (SSSR count). The molecule has 1 aromatic heterocycles. The quantitative estimate of drug-likeness (QED) is 0.655. The minimum atomic E-state index is -0.884. The van der Waals surface area contributed by atoms with Gasteiger partial charge in [-0.2, -0.15) is 0 Å². The maximum atomic E-state index is 11.9. The molecule has 17 heavy (non-hydrogen) atoms. The highest BCUT2D eigenvalue weighted by molar-refractivity contribution is 5.92. The molecule has 1 saturated heterocycles. The molecule has 0 spiro atoms. The number of rotatable bonds is 2. The summed E-state index contributed by atoms with van der Waals surface area (Å²) in [5.41, 5.74) is -0.277. The lowest BCUT2D eigenvalue weighted by Crippen LogP contribution is -2.42. The average molecular weight is 239 g/mol. The van der Waals surface area contributed by atoms with Crippen molar-refractivity contribution in [1.82, 2.24) is 14.9 Å². The second kappa shape index (κ2) is 4.44. The molecule has 0 radical (unpaired) electrons. The lowest BCUT2D eigenvalue weighted by molar-refractivity contribution is -0.143. The summed E-state index contributed by atoms with van der Waals surface area (Å²) in [7, 11) is 0. The number of aromatic nitrogens is 2. The monoisotopic (exact) mass is 239 g/mol. The molecule has 92 valence electrons. The number of carbonyl (C=O) groups is 2. The molecule has 3 N–H and O–H groups in total. The third-order valence-electron chi connectivity index (χ3n) is 2.88. The maximum absolute atomic E-state index is 11.9. The van der Waals surface area contributed by atoms with Crippen LogP contribution in [-0.2, 0) is 4.79 Å². The number of hydrogen-bond acceptors (Lipinski definition) is 3. The number of imidazole rings is 1. The Bertz CT molecular complexity index is 490. The van der Waals surface area contributed by atoms with Gasteiger partial charge >= 0.3 is 11.7 Å². The zero-order valence-corrected chi connectivity index (χ0v) is 9.10. The van der Waals surface area contributed by atoms with Gasteiger partial charge in [0.15, 0.2) is 0 Å². The Balaban J connectivity index is 2.09. The van der Waals surface area contributed by atoms with E-state index in [0.29, 0.717) is 19.4 Å². The standard InChI is InChI=1S/C10H13N3O4/c14-8(7-4-11-10(17)12-7)13-3-1-2-6(5-13)9(15)16/h4,6H,1-3,5H2,(H,15,16)(H2,11,12,17)/t6-/m1/s1. The Hall–Kier alpha value is -2.05. The summed E-state index contributed by atoms with van der Waals surface area (Å²) >= 11 is 0. The van der Waals surface area contributed by atoms with Gasteiger partial charge in [0.2, 0.25) is 0 Å². The number of aromatic amines is 2. The number of carboxylic acids is 1. The first-order chi connectivity index (χ1) is 8.08. The van der Waals surface area contributed by atoms with Crippen molar-refractivity contribution in [3.63, 3.8) is 0 Å². The average Bonchev–Trinajstić information content (AvgIpc) is 2.75. The summed E-state index contributed by atoms with van der Waals surface area (Å²) in [6.07, 6.45) is 2.55. The number of amides is 1. The largest absolute Gasteiger partial charge is 0.481 e. The molecular weight excluding hydrogens is 226 g/mol. The third-order valence-corrected chi connectivity index (χ3v) is 2.88. The third kappa shape index (κ3) is 2.38. The highest BCUT2D eigenvalue weighted by Gasteiger charge is 2.29. The van der Waals surface area contributed by atoms with Gasteiger partial charge in [-0.15, -0.1) is 0 Å². The molecule has 7 heteroatoms. The molecule has 0 bridgehead atoms. The number of carboxylic acid groups (broad SMARTS) is 1. The van der Waals surface area contributed by atoms with Crippen molar-refractivity contribution in [2.24, 2.45) is 5.92 Å². The van der Waals surface area contributed by atoms with Gasteiger partial charge in [0.05, 0.1) is 5.92 Å². The van der Waals surface area contributed by atoms with Gasteiger partial charge in [-0.05, 0) is 12.8 Å². The van der Waals surface area contributed by atoms with E-state index in [-0.39, 0.29) is 18.1 Å². The van der Waals surface area contributed by atoms with Crippen molar-refractivity contribution < 1.29 is 14.7 Å². The number of hydrogen-bond donors (Lipinski definition) is 3. The lowest BCUT2D eigenvalue weighted by atomic mass is 9.98. The highest BCUT2D eigenvalue weighted by Crippen LogP contribution is 2.17. The second-order valence-electron chi connectivity index (χ2n) is 4.09. The minimum absolute atomic E-state index is 0.168. The molecule has 7 nitrogen and oxygen atoms in total. The van der Waals surface area contributed by atoms with Crippen molar-refractivity contribution in [2.75, 3.05) is 13.1 Å². The highest BCUT2D eigenvalue weighted by atomic mass is 16.4. The van der Waals surface area contributed by atoms with Gasteiger partial charge in [-0.25, -0.2) is 4.79 Å². The number of nitrogens with one attached hydrogen (secondary N) is 2. The minimum Gasteiger partial charge on any atom is -0.481 e. The van der Waals surface area contributed by atoms with Crippen LogP contribution in [0.25, 0.3) is 0 Å². The predicted molar refractivity (Wildman–Crippen MR) is 57.7 cm³/mol. The normalized spacial score (nSPS) is 20.2. The molecule has 1 atom stereocenters. The number of nitrogens with zero attached hydrogens (tertiary/aromatic N) is 1. The summed E-state index contributed by atoms with van der Waals surface area (Å²) in [6.45, 7) is 0.719. The Morgan fingerprint density at radius 3 is 2.82 bits per heavy atom. The van der Waals surface area contributed by atoms with Crippen molar-refractivity contribution in [3.05, 3.63) is 22.4 Å². The van der Waals surface area contributed by atoms with Crippen molar-refractivity contribution in [1.29, 1.82) is 0 Å². The van der Waals surface area contributed by atoms with Gasteiger partial charge in [-0.3, -0.25) is 9.59 Å². The van der Waals surface area contributed by atoms with Crippen molar-refractivity contribution >= 4 is 11.9 Å². The van der Waals surface area contributed by atoms with E-state index in [4.69, 9.17) is 5.11 Å². The smallest absolute Gasteiger partial charge is 0.323 e. The molecule has 1 fully saturated rings. The van der Waals surface area contributed by atoms with Crippen LogP contribution in [0.15, 0.2) is 11.0 Å². The van der Waals surface area contributed by atoms with Crippen LogP contribution in [0.4, 0.5) is 0 Å². The fraction of sp³-hybridized carbons (Fsp3) is 0.500. The molecule has 0 saturated carbocycles. The van der Waals surface area contributed by atoms with Crippen LogP contribution < -0.4 is 5.69 Å². The van der Waals surface area contributed by atoms with E-state index >= 15 is 0 Å². The number of likely N-dealkylation sites (tertiary alicyclic amines) is 1.